The molecular weight excluding hydrogens is 166 g/mol. The Kier molecular flexibility index (Phi) is 5.17. The number of aliphatic carboxylic acids is 1. The average Bonchev–Trinajstić information content (AvgIpc) is 2.13. The molecule has 13 heavy (non-hydrogen) atoms. The van der Waals surface area contributed by atoms with Gasteiger partial charge in [-0.25, -0.2) is 0 Å². The molecule has 0 unspecified atom stereocenters. The van der Waals surface area contributed by atoms with Crippen LogP contribution in [0.2, 0.25) is 0 Å². The van der Waals surface area contributed by atoms with Gasteiger partial charge in [-0.15, -0.1) is 5.92 Å². The van der Waals surface area contributed by atoms with E-state index < -0.39 is 11.5 Å². The molecule has 74 valence electrons. The van der Waals surface area contributed by atoms with Gasteiger partial charge < -0.3 is 5.11 Å². The second kappa shape index (κ2) is 5.60. The summed E-state index contributed by atoms with van der Waals surface area (Å²) < 4.78 is 0. The van der Waals surface area contributed by atoms with Crippen LogP contribution in [0.3, 0.4) is 0 Å². The van der Waals surface area contributed by atoms with Crippen LogP contribution in [0.25, 0.3) is 0 Å². The van der Waals surface area contributed by atoms with Crippen molar-refractivity contribution in [1.82, 2.24) is 5.32 Å². The van der Waals surface area contributed by atoms with E-state index in [4.69, 9.17) is 5.11 Å². The van der Waals surface area contributed by atoms with Crippen molar-refractivity contribution in [2.75, 3.05) is 6.54 Å². The van der Waals surface area contributed by atoms with Gasteiger partial charge in [-0.3, -0.25) is 10.1 Å². The zero-order chi connectivity index (χ0) is 10.3. The van der Waals surface area contributed by atoms with E-state index in [1.807, 2.05) is 13.8 Å². The average molecular weight is 183 g/mol. The molecule has 0 aromatic rings. The molecule has 3 heteroatoms. The predicted octanol–water partition coefficient (Wildman–Crippen LogP) is 1.24. The molecule has 2 N–H and O–H groups in total. The van der Waals surface area contributed by atoms with E-state index in [1.54, 1.807) is 6.92 Å². The minimum absolute atomic E-state index is 0.435. The summed E-state index contributed by atoms with van der Waals surface area (Å²) in [5.74, 6) is 4.73. The molecule has 0 radical (unpaired) electrons. The molecule has 0 atom stereocenters. The third kappa shape index (κ3) is 3.08. The van der Waals surface area contributed by atoms with Crippen molar-refractivity contribution in [3.63, 3.8) is 0 Å². The lowest BCUT2D eigenvalue weighted by atomic mass is 9.93. The maximum absolute atomic E-state index is 11.0. The number of carboxylic acids is 1. The summed E-state index contributed by atoms with van der Waals surface area (Å²) in [5, 5.41) is 12.0. The Balaban J connectivity index is 4.36. The Hall–Kier alpha value is -1.01. The Labute approximate surface area is 79.5 Å². The van der Waals surface area contributed by atoms with Crippen molar-refractivity contribution >= 4 is 5.97 Å². The zero-order valence-corrected chi connectivity index (χ0v) is 8.48. The third-order valence-electron chi connectivity index (χ3n) is 2.31. The van der Waals surface area contributed by atoms with Gasteiger partial charge in [-0.1, -0.05) is 19.8 Å². The number of nitrogens with one attached hydrogen (secondary N) is 1. The van der Waals surface area contributed by atoms with E-state index in [0.717, 1.165) is 0 Å². The standard InChI is InChI=1S/C10H17NO2/c1-4-7-8-11-10(5-2,6-3)9(12)13/h11H,5-6,8H2,1-3H3,(H,12,13). The predicted molar refractivity (Wildman–Crippen MR) is 52.4 cm³/mol. The fourth-order valence-corrected chi connectivity index (χ4v) is 1.18. The lowest BCUT2D eigenvalue weighted by molar-refractivity contribution is -0.145. The molecule has 0 saturated heterocycles. The summed E-state index contributed by atoms with van der Waals surface area (Å²) in [5.41, 5.74) is -0.802. The second-order valence-corrected chi connectivity index (χ2v) is 2.87. The highest BCUT2D eigenvalue weighted by atomic mass is 16.4. The molecule has 0 saturated carbocycles. The van der Waals surface area contributed by atoms with E-state index in [9.17, 15) is 4.79 Å². The van der Waals surface area contributed by atoms with Gasteiger partial charge in [0, 0.05) is 0 Å². The van der Waals surface area contributed by atoms with Gasteiger partial charge in [-0.2, -0.15) is 0 Å². The molecule has 0 aliphatic heterocycles. The van der Waals surface area contributed by atoms with Gasteiger partial charge in [0.25, 0.3) is 0 Å². The van der Waals surface area contributed by atoms with Crippen molar-refractivity contribution in [2.45, 2.75) is 39.2 Å². The van der Waals surface area contributed by atoms with Crippen LogP contribution in [0.1, 0.15) is 33.6 Å². The largest absolute Gasteiger partial charge is 0.480 e. The summed E-state index contributed by atoms with van der Waals surface area (Å²) in [6.07, 6.45) is 1.15. The molecular formula is C10H17NO2. The van der Waals surface area contributed by atoms with Crippen LogP contribution in [0, 0.1) is 11.8 Å². The molecule has 0 rings (SSSR count). The molecule has 0 spiro atoms. The van der Waals surface area contributed by atoms with Crippen molar-refractivity contribution < 1.29 is 9.90 Å². The molecule has 0 bridgehead atoms. The van der Waals surface area contributed by atoms with Crippen molar-refractivity contribution in [3.05, 3.63) is 0 Å². The van der Waals surface area contributed by atoms with E-state index in [-0.39, 0.29) is 0 Å². The molecule has 0 amide bonds. The Morgan fingerprint density at radius 1 is 1.46 bits per heavy atom. The van der Waals surface area contributed by atoms with E-state index in [0.29, 0.717) is 19.4 Å². The van der Waals surface area contributed by atoms with Gasteiger partial charge in [0.15, 0.2) is 0 Å². The number of carbonyl (C=O) groups is 1. The third-order valence-corrected chi connectivity index (χ3v) is 2.31. The van der Waals surface area contributed by atoms with Crippen molar-refractivity contribution in [3.8, 4) is 11.8 Å². The summed E-state index contributed by atoms with van der Waals surface area (Å²) in [6.45, 7) is 5.90. The molecule has 0 aromatic carbocycles. The van der Waals surface area contributed by atoms with Gasteiger partial charge in [0.05, 0.1) is 6.54 Å². The Morgan fingerprint density at radius 2 is 2.00 bits per heavy atom. The first kappa shape index (κ1) is 12.0. The first-order valence-electron chi connectivity index (χ1n) is 4.51. The summed E-state index contributed by atoms with van der Waals surface area (Å²) >= 11 is 0. The number of carboxylic acid groups (broad SMARTS) is 1. The van der Waals surface area contributed by atoms with Crippen LogP contribution < -0.4 is 5.32 Å². The van der Waals surface area contributed by atoms with Crippen molar-refractivity contribution in [1.29, 1.82) is 0 Å². The van der Waals surface area contributed by atoms with E-state index in [2.05, 4.69) is 17.2 Å². The van der Waals surface area contributed by atoms with Crippen LogP contribution in [0.4, 0.5) is 0 Å². The van der Waals surface area contributed by atoms with E-state index >= 15 is 0 Å². The van der Waals surface area contributed by atoms with Crippen LogP contribution in [-0.2, 0) is 4.79 Å². The SMILES string of the molecule is CC#CCNC(CC)(CC)C(=O)O. The highest BCUT2D eigenvalue weighted by molar-refractivity contribution is 5.78. The molecule has 3 nitrogen and oxygen atoms in total. The highest BCUT2D eigenvalue weighted by Gasteiger charge is 2.33. The smallest absolute Gasteiger partial charge is 0.323 e. The first-order valence-corrected chi connectivity index (χ1v) is 4.51. The van der Waals surface area contributed by atoms with Gasteiger partial charge >= 0.3 is 5.97 Å². The molecule has 0 aliphatic carbocycles. The molecule has 0 aromatic heterocycles. The zero-order valence-electron chi connectivity index (χ0n) is 8.48. The minimum Gasteiger partial charge on any atom is -0.480 e. The summed E-state index contributed by atoms with van der Waals surface area (Å²) in [6, 6.07) is 0. The first-order chi connectivity index (χ1) is 6.13. The Morgan fingerprint density at radius 3 is 2.31 bits per heavy atom. The monoisotopic (exact) mass is 183 g/mol. The fraction of sp³-hybridized carbons (Fsp3) is 0.700. The van der Waals surface area contributed by atoms with Gasteiger partial charge in [0.2, 0.25) is 0 Å². The van der Waals surface area contributed by atoms with Crippen LogP contribution in [-0.4, -0.2) is 23.2 Å². The summed E-state index contributed by atoms with van der Waals surface area (Å²) in [4.78, 5) is 11.0. The van der Waals surface area contributed by atoms with Crippen LogP contribution in [0.15, 0.2) is 0 Å². The minimum atomic E-state index is -0.802. The van der Waals surface area contributed by atoms with Crippen LogP contribution >= 0.6 is 0 Å². The summed E-state index contributed by atoms with van der Waals surface area (Å²) in [7, 11) is 0. The topological polar surface area (TPSA) is 49.3 Å². The molecule has 0 aliphatic rings. The second-order valence-electron chi connectivity index (χ2n) is 2.87. The Bertz CT molecular complexity index is 221. The maximum Gasteiger partial charge on any atom is 0.323 e. The highest BCUT2D eigenvalue weighted by Crippen LogP contribution is 2.14. The van der Waals surface area contributed by atoms with Gasteiger partial charge in [0.1, 0.15) is 5.54 Å². The number of rotatable bonds is 5. The lowest BCUT2D eigenvalue weighted by Crippen LogP contribution is -2.51. The number of hydrogen-bond donors (Lipinski definition) is 2. The number of hydrogen-bond acceptors (Lipinski definition) is 2. The quantitative estimate of drug-likeness (QED) is 0.630. The van der Waals surface area contributed by atoms with Gasteiger partial charge in [-0.05, 0) is 19.8 Å². The lowest BCUT2D eigenvalue weighted by Gasteiger charge is -2.26. The molecule has 0 heterocycles. The van der Waals surface area contributed by atoms with Crippen molar-refractivity contribution in [2.24, 2.45) is 0 Å². The fourth-order valence-electron chi connectivity index (χ4n) is 1.18. The van der Waals surface area contributed by atoms with E-state index in [1.165, 1.54) is 0 Å². The normalized spacial score (nSPS) is 10.4. The maximum atomic E-state index is 11.0. The molecule has 0 fully saturated rings. The van der Waals surface area contributed by atoms with Crippen LogP contribution in [0.5, 0.6) is 0 Å².